The lowest BCUT2D eigenvalue weighted by molar-refractivity contribution is 0.436. The molecule has 0 amide bonds. The minimum Gasteiger partial charge on any atom is -0.309 e. The smallest absolute Gasteiger partial charge is 0.0550 e. The summed E-state index contributed by atoms with van der Waals surface area (Å²) in [5, 5.41) is 7.78. The zero-order valence-electron chi connectivity index (χ0n) is 11.0. The van der Waals surface area contributed by atoms with Crippen LogP contribution in [0.2, 0.25) is 0 Å². The Morgan fingerprint density at radius 1 is 1.38 bits per heavy atom. The quantitative estimate of drug-likeness (QED) is 0.770. The first-order chi connectivity index (χ1) is 7.65. The minimum absolute atomic E-state index is 0.455. The second kappa shape index (κ2) is 6.69. The van der Waals surface area contributed by atoms with Crippen LogP contribution in [0.4, 0.5) is 0 Å². The van der Waals surface area contributed by atoms with Gasteiger partial charge in [-0.15, -0.1) is 0 Å². The van der Waals surface area contributed by atoms with E-state index >= 15 is 0 Å². The third kappa shape index (κ3) is 3.97. The normalized spacial score (nSPS) is 13.3. The molecule has 0 radical (unpaired) electrons. The van der Waals surface area contributed by atoms with Gasteiger partial charge >= 0.3 is 0 Å². The van der Waals surface area contributed by atoms with Crippen molar-refractivity contribution in [3.63, 3.8) is 0 Å². The van der Waals surface area contributed by atoms with Crippen LogP contribution in [0.3, 0.4) is 0 Å². The van der Waals surface area contributed by atoms with Crippen LogP contribution in [-0.2, 0) is 7.05 Å². The summed E-state index contributed by atoms with van der Waals surface area (Å²) in [6, 6.07) is 2.57. The van der Waals surface area contributed by atoms with E-state index < -0.39 is 0 Å². The molecule has 0 bridgehead atoms. The summed E-state index contributed by atoms with van der Waals surface area (Å²) in [7, 11) is 2.02. The molecule has 0 aliphatic carbocycles. The van der Waals surface area contributed by atoms with E-state index in [1.165, 1.54) is 25.0 Å². The predicted octanol–water partition coefficient (Wildman–Crippen LogP) is 2.90. The predicted molar refractivity (Wildman–Crippen MR) is 68.3 cm³/mol. The molecule has 1 unspecified atom stereocenters. The highest BCUT2D eigenvalue weighted by Gasteiger charge is 2.13. The molecule has 1 rings (SSSR count). The number of rotatable bonds is 7. The van der Waals surface area contributed by atoms with Gasteiger partial charge in [-0.05, 0) is 24.9 Å². The Hall–Kier alpha value is -0.830. The first-order valence-electron chi connectivity index (χ1n) is 6.36. The summed E-state index contributed by atoms with van der Waals surface area (Å²) in [6.45, 7) is 7.74. The molecule has 92 valence electrons. The molecule has 3 heteroatoms. The number of nitrogens with zero attached hydrogens (tertiary/aromatic N) is 2. The maximum absolute atomic E-state index is 4.24. The molecular weight excluding hydrogens is 198 g/mol. The summed E-state index contributed by atoms with van der Waals surface area (Å²) < 4.78 is 1.97. The van der Waals surface area contributed by atoms with Crippen LogP contribution in [0.15, 0.2) is 12.3 Å². The molecule has 0 saturated carbocycles. The lowest BCUT2D eigenvalue weighted by atomic mass is 10.0. The Labute approximate surface area is 99.2 Å². The first kappa shape index (κ1) is 13.2. The molecular formula is C13H25N3. The fraction of sp³-hybridized carbons (Fsp3) is 0.769. The molecule has 1 atom stereocenters. The molecule has 3 nitrogen and oxygen atoms in total. The Bertz CT molecular complexity index is 291. The van der Waals surface area contributed by atoms with Crippen LogP contribution in [-0.4, -0.2) is 16.3 Å². The zero-order chi connectivity index (χ0) is 12.0. The van der Waals surface area contributed by atoms with Crippen molar-refractivity contribution >= 4 is 0 Å². The van der Waals surface area contributed by atoms with E-state index in [9.17, 15) is 0 Å². The summed E-state index contributed by atoms with van der Waals surface area (Å²) in [6.07, 6.45) is 5.66. The van der Waals surface area contributed by atoms with Gasteiger partial charge in [-0.1, -0.05) is 33.6 Å². The standard InChI is InChI=1S/C13H25N3/c1-5-14-12(8-6-7-11(2)3)13-9-10-15-16(13)4/h9-12,14H,5-8H2,1-4H3. The lowest BCUT2D eigenvalue weighted by Gasteiger charge is -2.18. The van der Waals surface area contributed by atoms with Crippen LogP contribution in [0.1, 0.15) is 51.8 Å². The van der Waals surface area contributed by atoms with E-state index in [0.29, 0.717) is 6.04 Å². The van der Waals surface area contributed by atoms with Gasteiger partial charge in [0, 0.05) is 19.3 Å². The van der Waals surface area contributed by atoms with Crippen molar-refractivity contribution in [2.24, 2.45) is 13.0 Å². The van der Waals surface area contributed by atoms with Gasteiger partial charge in [0.2, 0.25) is 0 Å². The van der Waals surface area contributed by atoms with E-state index in [2.05, 4.69) is 37.3 Å². The molecule has 1 aromatic rings. The van der Waals surface area contributed by atoms with Gasteiger partial charge in [-0.3, -0.25) is 4.68 Å². The molecule has 0 aromatic carbocycles. The van der Waals surface area contributed by atoms with E-state index in [4.69, 9.17) is 0 Å². The van der Waals surface area contributed by atoms with E-state index in [0.717, 1.165) is 12.5 Å². The highest BCUT2D eigenvalue weighted by Crippen LogP contribution is 2.20. The van der Waals surface area contributed by atoms with Crippen molar-refractivity contribution in [1.82, 2.24) is 15.1 Å². The summed E-state index contributed by atoms with van der Waals surface area (Å²) >= 11 is 0. The second-order valence-electron chi connectivity index (χ2n) is 4.81. The van der Waals surface area contributed by atoms with Crippen molar-refractivity contribution in [1.29, 1.82) is 0 Å². The molecule has 1 N–H and O–H groups in total. The van der Waals surface area contributed by atoms with Crippen molar-refractivity contribution < 1.29 is 0 Å². The summed E-state index contributed by atoms with van der Waals surface area (Å²) in [5.41, 5.74) is 1.30. The van der Waals surface area contributed by atoms with Gasteiger partial charge < -0.3 is 5.32 Å². The number of nitrogens with one attached hydrogen (secondary N) is 1. The van der Waals surface area contributed by atoms with Crippen LogP contribution in [0.5, 0.6) is 0 Å². The number of hydrogen-bond acceptors (Lipinski definition) is 2. The third-order valence-corrected chi connectivity index (χ3v) is 2.94. The SMILES string of the molecule is CCNC(CCCC(C)C)c1ccnn1C. The average Bonchev–Trinajstić information content (AvgIpc) is 2.63. The number of aryl methyl sites for hydroxylation is 1. The summed E-state index contributed by atoms with van der Waals surface area (Å²) in [5.74, 6) is 0.800. The molecule has 0 spiro atoms. The fourth-order valence-corrected chi connectivity index (χ4v) is 2.06. The average molecular weight is 223 g/mol. The highest BCUT2D eigenvalue weighted by molar-refractivity contribution is 5.06. The molecule has 0 saturated heterocycles. The van der Waals surface area contributed by atoms with E-state index in [1.54, 1.807) is 0 Å². The highest BCUT2D eigenvalue weighted by atomic mass is 15.3. The monoisotopic (exact) mass is 223 g/mol. The van der Waals surface area contributed by atoms with Gasteiger partial charge in [-0.25, -0.2) is 0 Å². The second-order valence-corrected chi connectivity index (χ2v) is 4.81. The third-order valence-electron chi connectivity index (χ3n) is 2.94. The topological polar surface area (TPSA) is 29.9 Å². The van der Waals surface area contributed by atoms with Crippen molar-refractivity contribution in [2.75, 3.05) is 6.54 Å². The van der Waals surface area contributed by atoms with Gasteiger partial charge in [0.25, 0.3) is 0 Å². The Morgan fingerprint density at radius 3 is 2.62 bits per heavy atom. The molecule has 1 heterocycles. The number of hydrogen-bond donors (Lipinski definition) is 1. The fourth-order valence-electron chi connectivity index (χ4n) is 2.06. The summed E-state index contributed by atoms with van der Waals surface area (Å²) in [4.78, 5) is 0. The first-order valence-corrected chi connectivity index (χ1v) is 6.36. The molecule has 0 fully saturated rings. The van der Waals surface area contributed by atoms with Gasteiger partial charge in [0.15, 0.2) is 0 Å². The molecule has 0 aliphatic rings. The maximum Gasteiger partial charge on any atom is 0.0550 e. The number of aromatic nitrogens is 2. The zero-order valence-corrected chi connectivity index (χ0v) is 11.0. The largest absolute Gasteiger partial charge is 0.309 e. The molecule has 1 aromatic heterocycles. The maximum atomic E-state index is 4.24. The minimum atomic E-state index is 0.455. The van der Waals surface area contributed by atoms with Gasteiger partial charge in [0.05, 0.1) is 5.69 Å². The Morgan fingerprint density at radius 2 is 2.12 bits per heavy atom. The van der Waals surface area contributed by atoms with Crippen LogP contribution < -0.4 is 5.32 Å². The molecule has 0 aliphatic heterocycles. The van der Waals surface area contributed by atoms with E-state index in [1.807, 2.05) is 17.9 Å². The van der Waals surface area contributed by atoms with Crippen LogP contribution in [0, 0.1) is 5.92 Å². The molecule has 16 heavy (non-hydrogen) atoms. The lowest BCUT2D eigenvalue weighted by Crippen LogP contribution is -2.23. The van der Waals surface area contributed by atoms with Crippen LogP contribution >= 0.6 is 0 Å². The van der Waals surface area contributed by atoms with Crippen molar-refractivity contribution in [2.45, 2.75) is 46.1 Å². The Kier molecular flexibility index (Phi) is 5.53. The van der Waals surface area contributed by atoms with E-state index in [-0.39, 0.29) is 0 Å². The van der Waals surface area contributed by atoms with Crippen molar-refractivity contribution in [3.8, 4) is 0 Å². The van der Waals surface area contributed by atoms with Gasteiger partial charge in [0.1, 0.15) is 0 Å². The Balaban J connectivity index is 2.51. The van der Waals surface area contributed by atoms with Crippen LogP contribution in [0.25, 0.3) is 0 Å². The van der Waals surface area contributed by atoms with Crippen molar-refractivity contribution in [3.05, 3.63) is 18.0 Å². The van der Waals surface area contributed by atoms with Gasteiger partial charge in [-0.2, -0.15) is 5.10 Å².